The topological polar surface area (TPSA) is 89.6 Å². The van der Waals surface area contributed by atoms with Gasteiger partial charge in [0.05, 0.1) is 0 Å². The Morgan fingerprint density at radius 3 is 1.78 bits per heavy atom. The van der Waals surface area contributed by atoms with E-state index in [0.29, 0.717) is 5.57 Å². The summed E-state index contributed by atoms with van der Waals surface area (Å²) in [6.45, 7) is 15.3. The van der Waals surface area contributed by atoms with Gasteiger partial charge in [-0.15, -0.1) is 0 Å². The second-order valence-electron chi connectivity index (χ2n) is 4.90. The van der Waals surface area contributed by atoms with Gasteiger partial charge in [0.1, 0.15) is 5.60 Å². The number of carboxylic acids is 1. The van der Waals surface area contributed by atoms with Crippen molar-refractivity contribution in [3.8, 4) is 0 Å². The number of carbonyl (C=O) groups excluding carboxylic acids is 1. The monoisotopic (exact) mass is 257 g/mol. The highest BCUT2D eigenvalue weighted by atomic mass is 16.6. The summed E-state index contributed by atoms with van der Waals surface area (Å²) in [5.74, 6) is -1.35. The molecular formula is C13H23NO4. The van der Waals surface area contributed by atoms with Gasteiger partial charge in [-0.25, -0.2) is 9.59 Å². The van der Waals surface area contributed by atoms with Gasteiger partial charge in [-0.05, 0) is 34.6 Å². The molecule has 1 atom stereocenters. The van der Waals surface area contributed by atoms with Gasteiger partial charge < -0.3 is 15.6 Å². The highest BCUT2D eigenvalue weighted by Gasteiger charge is 2.20. The van der Waals surface area contributed by atoms with Crippen LogP contribution >= 0.6 is 0 Å². The Balaban J connectivity index is 0. The summed E-state index contributed by atoms with van der Waals surface area (Å²) < 4.78 is 5.04. The van der Waals surface area contributed by atoms with Gasteiger partial charge in [0.2, 0.25) is 0 Å². The summed E-state index contributed by atoms with van der Waals surface area (Å²) in [7, 11) is 0. The summed E-state index contributed by atoms with van der Waals surface area (Å²) >= 11 is 0. The number of carboxylic acid groups (broad SMARTS) is 1. The third-order valence-electron chi connectivity index (χ3n) is 1.58. The van der Waals surface area contributed by atoms with Gasteiger partial charge >= 0.3 is 11.9 Å². The lowest BCUT2D eigenvalue weighted by Gasteiger charge is -2.21. The zero-order valence-corrected chi connectivity index (χ0v) is 11.7. The molecule has 0 bridgehead atoms. The SMILES string of the molecule is C=C(C(=O)OC(C)(C)C)C(C)N.C=C(C)C(=O)O. The quantitative estimate of drug-likeness (QED) is 0.595. The average Bonchev–Trinajstić information content (AvgIpc) is 2.14. The van der Waals surface area contributed by atoms with Crippen LogP contribution in [0.15, 0.2) is 24.3 Å². The van der Waals surface area contributed by atoms with Crippen molar-refractivity contribution in [3.05, 3.63) is 24.3 Å². The normalized spacial score (nSPS) is 11.7. The Morgan fingerprint density at radius 1 is 1.28 bits per heavy atom. The van der Waals surface area contributed by atoms with Crippen LogP contribution in [0.5, 0.6) is 0 Å². The van der Waals surface area contributed by atoms with Crippen molar-refractivity contribution in [1.29, 1.82) is 0 Å². The molecule has 18 heavy (non-hydrogen) atoms. The Morgan fingerprint density at radius 2 is 1.61 bits per heavy atom. The third kappa shape index (κ3) is 10.9. The molecule has 0 spiro atoms. The van der Waals surface area contributed by atoms with Crippen molar-refractivity contribution in [1.82, 2.24) is 0 Å². The molecule has 5 nitrogen and oxygen atoms in total. The molecule has 0 saturated heterocycles. The minimum Gasteiger partial charge on any atom is -0.478 e. The number of aliphatic carboxylic acids is 1. The summed E-state index contributed by atoms with van der Waals surface area (Å²) in [4.78, 5) is 20.8. The van der Waals surface area contributed by atoms with E-state index in [9.17, 15) is 9.59 Å². The molecule has 1 unspecified atom stereocenters. The zero-order valence-electron chi connectivity index (χ0n) is 11.7. The molecule has 0 heterocycles. The molecule has 0 aromatic heterocycles. The standard InChI is InChI=1S/C9H17NO2.C4H6O2/c1-6(7(2)10)8(11)12-9(3,4)5;1-3(2)4(5)6/h7H,1,10H2,2-5H3;1H2,2H3,(H,5,6). The zero-order chi connectivity index (χ0) is 15.1. The highest BCUT2D eigenvalue weighted by Crippen LogP contribution is 2.10. The fourth-order valence-corrected chi connectivity index (χ4v) is 0.530. The average molecular weight is 257 g/mol. The van der Waals surface area contributed by atoms with Crippen LogP contribution in [0, 0.1) is 0 Å². The van der Waals surface area contributed by atoms with E-state index >= 15 is 0 Å². The van der Waals surface area contributed by atoms with Crippen molar-refractivity contribution in [3.63, 3.8) is 0 Å². The molecule has 0 aromatic rings. The van der Waals surface area contributed by atoms with E-state index in [2.05, 4.69) is 13.2 Å². The van der Waals surface area contributed by atoms with Crippen LogP contribution in [0.3, 0.4) is 0 Å². The molecule has 0 fully saturated rings. The molecule has 0 rings (SSSR count). The van der Waals surface area contributed by atoms with E-state index in [-0.39, 0.29) is 11.6 Å². The fraction of sp³-hybridized carbons (Fsp3) is 0.538. The Bertz CT molecular complexity index is 325. The first-order chi connectivity index (χ1) is 7.88. The van der Waals surface area contributed by atoms with Crippen LogP contribution in [0.2, 0.25) is 0 Å². The van der Waals surface area contributed by atoms with Gasteiger partial charge in [-0.2, -0.15) is 0 Å². The maximum absolute atomic E-state index is 11.2. The number of hydrogen-bond acceptors (Lipinski definition) is 4. The van der Waals surface area contributed by atoms with E-state index in [0.717, 1.165) is 0 Å². The maximum Gasteiger partial charge on any atom is 0.335 e. The molecule has 104 valence electrons. The van der Waals surface area contributed by atoms with Crippen molar-refractivity contribution >= 4 is 11.9 Å². The molecular weight excluding hydrogens is 234 g/mol. The second-order valence-corrected chi connectivity index (χ2v) is 4.90. The molecule has 5 heteroatoms. The van der Waals surface area contributed by atoms with Crippen LogP contribution in [0.1, 0.15) is 34.6 Å². The third-order valence-corrected chi connectivity index (χ3v) is 1.58. The van der Waals surface area contributed by atoms with E-state index in [4.69, 9.17) is 15.6 Å². The summed E-state index contributed by atoms with van der Waals surface area (Å²) in [6.07, 6.45) is 0. The molecule has 0 aliphatic rings. The maximum atomic E-state index is 11.2. The Kier molecular flexibility index (Phi) is 7.97. The largest absolute Gasteiger partial charge is 0.478 e. The molecule has 0 radical (unpaired) electrons. The van der Waals surface area contributed by atoms with E-state index in [1.807, 2.05) is 0 Å². The smallest absolute Gasteiger partial charge is 0.335 e. The molecule has 0 aliphatic heterocycles. The summed E-state index contributed by atoms with van der Waals surface area (Å²) in [5, 5.41) is 7.89. The first kappa shape index (κ1) is 18.7. The number of esters is 1. The fourth-order valence-electron chi connectivity index (χ4n) is 0.530. The second kappa shape index (κ2) is 7.66. The minimum absolute atomic E-state index is 0.176. The van der Waals surface area contributed by atoms with E-state index < -0.39 is 17.5 Å². The lowest BCUT2D eigenvalue weighted by atomic mass is 10.1. The Hall–Kier alpha value is -1.62. The number of rotatable bonds is 3. The van der Waals surface area contributed by atoms with Gasteiger partial charge in [0, 0.05) is 17.2 Å². The van der Waals surface area contributed by atoms with Crippen LogP contribution in [0.4, 0.5) is 0 Å². The first-order valence-corrected chi connectivity index (χ1v) is 5.45. The number of hydrogen-bond donors (Lipinski definition) is 2. The highest BCUT2D eigenvalue weighted by molar-refractivity contribution is 5.89. The first-order valence-electron chi connectivity index (χ1n) is 5.45. The number of carbonyl (C=O) groups is 2. The minimum atomic E-state index is -0.935. The summed E-state index contributed by atoms with van der Waals surface area (Å²) in [5.41, 5.74) is 5.46. The van der Waals surface area contributed by atoms with E-state index in [1.54, 1.807) is 27.7 Å². The molecule has 0 aliphatic carbocycles. The van der Waals surface area contributed by atoms with Crippen molar-refractivity contribution in [2.24, 2.45) is 5.73 Å². The molecule has 0 amide bonds. The van der Waals surface area contributed by atoms with E-state index in [1.165, 1.54) is 6.92 Å². The lowest BCUT2D eigenvalue weighted by molar-refractivity contribution is -0.150. The molecule has 0 saturated carbocycles. The lowest BCUT2D eigenvalue weighted by Crippen LogP contribution is -2.30. The Labute approximate surface area is 108 Å². The van der Waals surface area contributed by atoms with Gasteiger partial charge in [0.15, 0.2) is 0 Å². The number of ether oxygens (including phenoxy) is 1. The van der Waals surface area contributed by atoms with Crippen LogP contribution in [-0.4, -0.2) is 28.7 Å². The van der Waals surface area contributed by atoms with Crippen LogP contribution in [-0.2, 0) is 14.3 Å². The van der Waals surface area contributed by atoms with Gasteiger partial charge in [-0.1, -0.05) is 13.2 Å². The predicted molar refractivity (Wildman–Crippen MR) is 71.1 cm³/mol. The predicted octanol–water partition coefficient (Wildman–Crippen LogP) is 1.88. The van der Waals surface area contributed by atoms with Gasteiger partial charge in [-0.3, -0.25) is 0 Å². The van der Waals surface area contributed by atoms with Crippen molar-refractivity contribution < 1.29 is 19.4 Å². The van der Waals surface area contributed by atoms with Crippen LogP contribution in [0.25, 0.3) is 0 Å². The molecule has 0 aromatic carbocycles. The van der Waals surface area contributed by atoms with Gasteiger partial charge in [0.25, 0.3) is 0 Å². The van der Waals surface area contributed by atoms with Crippen LogP contribution < -0.4 is 5.73 Å². The van der Waals surface area contributed by atoms with Crippen molar-refractivity contribution in [2.45, 2.75) is 46.3 Å². The van der Waals surface area contributed by atoms with Crippen molar-refractivity contribution in [2.75, 3.05) is 0 Å². The summed E-state index contributed by atoms with van der Waals surface area (Å²) in [6, 6.07) is -0.347. The molecule has 3 N–H and O–H groups in total. The number of nitrogens with two attached hydrogens (primary N) is 1.